The van der Waals surface area contributed by atoms with Gasteiger partial charge in [-0.2, -0.15) is 0 Å². The van der Waals surface area contributed by atoms with Gasteiger partial charge >= 0.3 is 0 Å². The van der Waals surface area contributed by atoms with Gasteiger partial charge in [0.25, 0.3) is 0 Å². The van der Waals surface area contributed by atoms with Crippen LogP contribution in [0.4, 0.5) is 0 Å². The number of hydrogen-bond donors (Lipinski definition) is 1. The van der Waals surface area contributed by atoms with Crippen molar-refractivity contribution in [3.63, 3.8) is 0 Å². The van der Waals surface area contributed by atoms with Crippen LogP contribution in [0.2, 0.25) is 0 Å². The van der Waals surface area contributed by atoms with E-state index in [1.807, 2.05) is 45.0 Å². The standard InChI is InChI=1S/C15H21NO3/c1-15(2,3)16-11(9-17)13(14(16)18)10-7-5-6-8-12(10)19-4/h5-8,11,13,17H,9H2,1-4H3/t11-,13-/m0/s1. The summed E-state index contributed by atoms with van der Waals surface area (Å²) in [5.74, 6) is 0.448. The van der Waals surface area contributed by atoms with E-state index in [1.54, 1.807) is 12.0 Å². The molecule has 1 heterocycles. The smallest absolute Gasteiger partial charge is 0.233 e. The van der Waals surface area contributed by atoms with E-state index in [9.17, 15) is 9.90 Å². The number of aliphatic hydroxyl groups is 1. The summed E-state index contributed by atoms with van der Waals surface area (Å²) in [6, 6.07) is 7.32. The van der Waals surface area contributed by atoms with E-state index in [-0.39, 0.29) is 30.0 Å². The molecule has 1 amide bonds. The summed E-state index contributed by atoms with van der Waals surface area (Å²) in [5.41, 5.74) is 0.581. The summed E-state index contributed by atoms with van der Waals surface area (Å²) in [4.78, 5) is 14.2. The molecule has 4 heteroatoms. The molecule has 1 saturated heterocycles. The van der Waals surface area contributed by atoms with E-state index in [0.717, 1.165) is 5.56 Å². The van der Waals surface area contributed by atoms with Crippen LogP contribution in [-0.4, -0.2) is 41.2 Å². The van der Waals surface area contributed by atoms with E-state index in [4.69, 9.17) is 4.74 Å². The fourth-order valence-corrected chi connectivity index (χ4v) is 2.82. The first-order valence-corrected chi connectivity index (χ1v) is 6.48. The lowest BCUT2D eigenvalue weighted by Crippen LogP contribution is -2.67. The van der Waals surface area contributed by atoms with Gasteiger partial charge in [0.2, 0.25) is 5.91 Å². The zero-order valence-corrected chi connectivity index (χ0v) is 11.9. The van der Waals surface area contributed by atoms with Gasteiger partial charge in [0, 0.05) is 11.1 Å². The van der Waals surface area contributed by atoms with Crippen LogP contribution in [0.1, 0.15) is 32.3 Å². The molecule has 0 radical (unpaired) electrons. The minimum Gasteiger partial charge on any atom is -0.496 e. The number of carbonyl (C=O) groups excluding carboxylic acids is 1. The molecular weight excluding hydrogens is 242 g/mol. The van der Waals surface area contributed by atoms with Crippen molar-refractivity contribution in [1.29, 1.82) is 0 Å². The Balaban J connectivity index is 2.34. The van der Waals surface area contributed by atoms with Crippen LogP contribution in [0, 0.1) is 0 Å². The van der Waals surface area contributed by atoms with Gasteiger partial charge in [-0.3, -0.25) is 4.79 Å². The Labute approximate surface area is 114 Å². The first-order chi connectivity index (χ1) is 8.91. The maximum Gasteiger partial charge on any atom is 0.233 e. The SMILES string of the molecule is COc1ccccc1[C@@H]1C(=O)N(C(C)(C)C)[C@H]1CO. The molecule has 1 aliphatic heterocycles. The van der Waals surface area contributed by atoms with Gasteiger partial charge in [-0.15, -0.1) is 0 Å². The van der Waals surface area contributed by atoms with Crippen molar-refractivity contribution in [2.75, 3.05) is 13.7 Å². The van der Waals surface area contributed by atoms with Gasteiger partial charge in [0.05, 0.1) is 25.7 Å². The lowest BCUT2D eigenvalue weighted by molar-refractivity contribution is -0.161. The van der Waals surface area contributed by atoms with Gasteiger partial charge in [0.15, 0.2) is 0 Å². The number of carbonyl (C=O) groups is 1. The van der Waals surface area contributed by atoms with Crippen LogP contribution in [0.15, 0.2) is 24.3 Å². The molecule has 1 aromatic rings. The van der Waals surface area contributed by atoms with Crippen molar-refractivity contribution >= 4 is 5.91 Å². The number of methoxy groups -OCH3 is 1. The Kier molecular flexibility index (Phi) is 3.54. The number of rotatable bonds is 3. The Morgan fingerprint density at radius 1 is 1.32 bits per heavy atom. The second-order valence-electron chi connectivity index (χ2n) is 5.85. The second-order valence-corrected chi connectivity index (χ2v) is 5.85. The highest BCUT2D eigenvalue weighted by molar-refractivity contribution is 5.92. The maximum atomic E-state index is 12.4. The van der Waals surface area contributed by atoms with E-state index >= 15 is 0 Å². The maximum absolute atomic E-state index is 12.4. The molecule has 0 saturated carbocycles. The van der Waals surface area contributed by atoms with Crippen LogP contribution < -0.4 is 4.74 Å². The van der Waals surface area contributed by atoms with Gasteiger partial charge in [-0.25, -0.2) is 0 Å². The van der Waals surface area contributed by atoms with Gasteiger partial charge in [-0.05, 0) is 26.8 Å². The molecular formula is C15H21NO3. The second kappa shape index (κ2) is 4.85. The summed E-state index contributed by atoms with van der Waals surface area (Å²) in [5, 5.41) is 9.60. The quantitative estimate of drug-likeness (QED) is 0.846. The Hall–Kier alpha value is -1.55. The third-order valence-corrected chi connectivity index (χ3v) is 3.60. The number of β-lactam (4-membered cyclic amide) rings is 1. The van der Waals surface area contributed by atoms with Gasteiger partial charge in [0.1, 0.15) is 5.75 Å². The van der Waals surface area contributed by atoms with Crippen molar-refractivity contribution in [2.24, 2.45) is 0 Å². The third-order valence-electron chi connectivity index (χ3n) is 3.60. The van der Waals surface area contributed by atoms with Crippen molar-refractivity contribution < 1.29 is 14.6 Å². The number of para-hydroxylation sites is 1. The molecule has 2 atom stereocenters. The molecule has 0 aliphatic carbocycles. The average Bonchev–Trinajstić information content (AvgIpc) is 2.34. The summed E-state index contributed by atoms with van der Waals surface area (Å²) in [7, 11) is 1.59. The monoisotopic (exact) mass is 263 g/mol. The molecule has 2 rings (SSSR count). The Bertz CT molecular complexity index is 479. The molecule has 0 unspecified atom stereocenters. The lowest BCUT2D eigenvalue weighted by atomic mass is 9.78. The normalized spacial score (nSPS) is 23.2. The van der Waals surface area contributed by atoms with Gasteiger partial charge < -0.3 is 14.7 Å². The molecule has 104 valence electrons. The molecule has 4 nitrogen and oxygen atoms in total. The molecule has 19 heavy (non-hydrogen) atoms. The molecule has 1 N–H and O–H groups in total. The van der Waals surface area contributed by atoms with Crippen molar-refractivity contribution in [3.05, 3.63) is 29.8 Å². The fourth-order valence-electron chi connectivity index (χ4n) is 2.82. The van der Waals surface area contributed by atoms with E-state index in [0.29, 0.717) is 5.75 Å². The van der Waals surface area contributed by atoms with Gasteiger partial charge in [-0.1, -0.05) is 18.2 Å². The highest BCUT2D eigenvalue weighted by atomic mass is 16.5. The molecule has 1 aliphatic rings. The van der Waals surface area contributed by atoms with Crippen LogP contribution in [0.25, 0.3) is 0 Å². The highest BCUT2D eigenvalue weighted by Gasteiger charge is 2.52. The number of aliphatic hydroxyl groups excluding tert-OH is 1. The number of amides is 1. The van der Waals surface area contributed by atoms with Crippen LogP contribution >= 0.6 is 0 Å². The third kappa shape index (κ3) is 2.21. The van der Waals surface area contributed by atoms with Crippen LogP contribution in [0.5, 0.6) is 5.75 Å². The zero-order valence-electron chi connectivity index (χ0n) is 11.9. The molecule has 1 aromatic carbocycles. The number of hydrogen-bond acceptors (Lipinski definition) is 3. The van der Waals surface area contributed by atoms with E-state index in [2.05, 4.69) is 0 Å². The summed E-state index contributed by atoms with van der Waals surface area (Å²) in [6.45, 7) is 5.90. The summed E-state index contributed by atoms with van der Waals surface area (Å²) in [6.07, 6.45) is 0. The number of ether oxygens (including phenoxy) is 1. The zero-order chi connectivity index (χ0) is 14.2. The Morgan fingerprint density at radius 2 is 1.95 bits per heavy atom. The average molecular weight is 263 g/mol. The first-order valence-electron chi connectivity index (χ1n) is 6.48. The first kappa shape index (κ1) is 13.9. The van der Waals surface area contributed by atoms with Crippen molar-refractivity contribution in [1.82, 2.24) is 4.90 Å². The lowest BCUT2D eigenvalue weighted by Gasteiger charge is -2.53. The Morgan fingerprint density at radius 3 is 2.47 bits per heavy atom. The minimum absolute atomic E-state index is 0.0360. The van der Waals surface area contributed by atoms with Crippen LogP contribution in [0.3, 0.4) is 0 Å². The number of benzene rings is 1. The summed E-state index contributed by atoms with van der Waals surface area (Å²) >= 11 is 0. The van der Waals surface area contributed by atoms with Crippen molar-refractivity contribution in [2.45, 2.75) is 38.3 Å². The molecule has 0 bridgehead atoms. The number of likely N-dealkylation sites (tertiary alicyclic amines) is 1. The van der Waals surface area contributed by atoms with E-state index in [1.165, 1.54) is 0 Å². The predicted molar refractivity (Wildman–Crippen MR) is 73.2 cm³/mol. The topological polar surface area (TPSA) is 49.8 Å². The molecule has 1 fully saturated rings. The van der Waals surface area contributed by atoms with Crippen LogP contribution in [-0.2, 0) is 4.79 Å². The minimum atomic E-state index is -0.305. The largest absolute Gasteiger partial charge is 0.496 e. The predicted octanol–water partition coefficient (Wildman–Crippen LogP) is 1.78. The fraction of sp³-hybridized carbons (Fsp3) is 0.533. The van der Waals surface area contributed by atoms with Crippen molar-refractivity contribution in [3.8, 4) is 5.75 Å². The van der Waals surface area contributed by atoms with E-state index < -0.39 is 0 Å². The molecule has 0 spiro atoms. The molecule has 0 aromatic heterocycles. The highest BCUT2D eigenvalue weighted by Crippen LogP contribution is 2.43. The number of nitrogens with zero attached hydrogens (tertiary/aromatic N) is 1. The summed E-state index contributed by atoms with van der Waals surface area (Å²) < 4.78 is 5.31.